The standard InChI is InChI=1S/C15H24BNO2.ClH/c1-13(2,3)12-9-8-11(10-17-12)16-18-14(4,5)15(6,7)19-16;/h8-10H,1-7H3;1H. The molecule has 2 heterocycles. The first-order valence-electron chi connectivity index (χ1n) is 6.85. The average molecular weight is 298 g/mol. The molecule has 0 radical (unpaired) electrons. The maximum atomic E-state index is 6.01. The van der Waals surface area contributed by atoms with Crippen molar-refractivity contribution in [3.63, 3.8) is 0 Å². The van der Waals surface area contributed by atoms with Crippen LogP contribution < -0.4 is 5.46 Å². The molecule has 2 rings (SSSR count). The predicted octanol–water partition coefficient (Wildman–Crippen LogP) is 3.10. The van der Waals surface area contributed by atoms with Gasteiger partial charge in [0.25, 0.3) is 0 Å². The van der Waals surface area contributed by atoms with Crippen molar-refractivity contribution >= 4 is 25.0 Å². The van der Waals surface area contributed by atoms with Gasteiger partial charge in [-0.3, -0.25) is 4.98 Å². The van der Waals surface area contributed by atoms with E-state index in [0.29, 0.717) is 0 Å². The van der Waals surface area contributed by atoms with Crippen LogP contribution in [0, 0.1) is 0 Å². The zero-order valence-corrected chi connectivity index (χ0v) is 14.3. The van der Waals surface area contributed by atoms with Crippen molar-refractivity contribution in [1.82, 2.24) is 4.98 Å². The largest absolute Gasteiger partial charge is 0.496 e. The first kappa shape index (κ1) is 17.5. The van der Waals surface area contributed by atoms with Crippen LogP contribution in [0.4, 0.5) is 0 Å². The number of hydrogen-bond donors (Lipinski definition) is 0. The third kappa shape index (κ3) is 3.18. The second-order valence-electron chi connectivity index (χ2n) is 7.32. The van der Waals surface area contributed by atoms with E-state index in [1.807, 2.05) is 6.20 Å². The van der Waals surface area contributed by atoms with Crippen LogP contribution in [0.5, 0.6) is 0 Å². The van der Waals surface area contributed by atoms with E-state index >= 15 is 0 Å². The fourth-order valence-corrected chi connectivity index (χ4v) is 1.97. The molecule has 0 aromatic carbocycles. The smallest absolute Gasteiger partial charge is 0.399 e. The zero-order valence-electron chi connectivity index (χ0n) is 13.5. The highest BCUT2D eigenvalue weighted by Gasteiger charge is 2.51. The van der Waals surface area contributed by atoms with Crippen LogP contribution >= 0.6 is 12.4 Å². The molecule has 0 unspecified atom stereocenters. The van der Waals surface area contributed by atoms with Crippen molar-refractivity contribution in [2.24, 2.45) is 0 Å². The van der Waals surface area contributed by atoms with Gasteiger partial charge in [-0.2, -0.15) is 0 Å². The minimum absolute atomic E-state index is 0. The van der Waals surface area contributed by atoms with Gasteiger partial charge in [-0.05, 0) is 33.8 Å². The van der Waals surface area contributed by atoms with Gasteiger partial charge < -0.3 is 9.31 Å². The lowest BCUT2D eigenvalue weighted by molar-refractivity contribution is 0.00578. The minimum Gasteiger partial charge on any atom is -0.399 e. The van der Waals surface area contributed by atoms with Crippen LogP contribution in [0.2, 0.25) is 0 Å². The molecule has 0 bridgehead atoms. The summed E-state index contributed by atoms with van der Waals surface area (Å²) >= 11 is 0. The molecule has 3 nitrogen and oxygen atoms in total. The van der Waals surface area contributed by atoms with Crippen LogP contribution in [-0.4, -0.2) is 23.3 Å². The van der Waals surface area contributed by atoms with Gasteiger partial charge in [-0.1, -0.05) is 26.8 Å². The van der Waals surface area contributed by atoms with Crippen molar-refractivity contribution in [3.05, 3.63) is 24.0 Å². The Kier molecular flexibility index (Phi) is 4.65. The monoisotopic (exact) mass is 297 g/mol. The topological polar surface area (TPSA) is 31.4 Å². The normalized spacial score (nSPS) is 20.6. The molecule has 0 spiro atoms. The highest BCUT2D eigenvalue weighted by Crippen LogP contribution is 2.36. The molecule has 1 aliphatic heterocycles. The summed E-state index contributed by atoms with van der Waals surface area (Å²) in [6, 6.07) is 4.11. The van der Waals surface area contributed by atoms with Gasteiger partial charge in [0.2, 0.25) is 0 Å². The number of nitrogens with zero attached hydrogens (tertiary/aromatic N) is 1. The predicted molar refractivity (Wildman–Crippen MR) is 85.9 cm³/mol. The zero-order chi connectivity index (χ0) is 14.5. The molecule has 1 aliphatic rings. The van der Waals surface area contributed by atoms with Gasteiger partial charge in [0.15, 0.2) is 0 Å². The highest BCUT2D eigenvalue weighted by atomic mass is 35.5. The van der Waals surface area contributed by atoms with Crippen molar-refractivity contribution in [2.45, 2.75) is 65.1 Å². The third-order valence-corrected chi connectivity index (χ3v) is 4.08. The lowest BCUT2D eigenvalue weighted by Crippen LogP contribution is -2.41. The number of pyridine rings is 1. The van der Waals surface area contributed by atoms with E-state index in [-0.39, 0.29) is 36.1 Å². The summed E-state index contributed by atoms with van der Waals surface area (Å²) in [5.41, 5.74) is 1.51. The second-order valence-corrected chi connectivity index (χ2v) is 7.32. The summed E-state index contributed by atoms with van der Waals surface area (Å²) < 4.78 is 12.0. The molecule has 1 saturated heterocycles. The molecule has 20 heavy (non-hydrogen) atoms. The molecule has 5 heteroatoms. The van der Waals surface area contributed by atoms with Crippen LogP contribution in [0.3, 0.4) is 0 Å². The minimum atomic E-state index is -0.327. The fraction of sp³-hybridized carbons (Fsp3) is 0.667. The molecular formula is C15H25BClNO2. The Morgan fingerprint density at radius 2 is 1.50 bits per heavy atom. The average Bonchev–Trinajstić information content (AvgIpc) is 2.47. The lowest BCUT2D eigenvalue weighted by Gasteiger charge is -2.32. The van der Waals surface area contributed by atoms with Crippen LogP contribution in [0.1, 0.15) is 54.2 Å². The number of aromatic nitrogens is 1. The second kappa shape index (κ2) is 5.32. The maximum absolute atomic E-state index is 6.01. The van der Waals surface area contributed by atoms with Gasteiger partial charge in [0.05, 0.1) is 11.2 Å². The Labute approximate surface area is 129 Å². The van der Waals surface area contributed by atoms with Gasteiger partial charge >= 0.3 is 7.12 Å². The summed E-state index contributed by atoms with van der Waals surface area (Å²) in [5, 5.41) is 0. The lowest BCUT2D eigenvalue weighted by atomic mass is 9.79. The summed E-state index contributed by atoms with van der Waals surface area (Å²) in [7, 11) is -0.327. The molecular weight excluding hydrogens is 272 g/mol. The molecule has 1 fully saturated rings. The number of halogens is 1. The molecule has 112 valence electrons. The van der Waals surface area contributed by atoms with Crippen LogP contribution in [0.15, 0.2) is 18.3 Å². The Morgan fingerprint density at radius 3 is 1.85 bits per heavy atom. The van der Waals surface area contributed by atoms with E-state index in [1.54, 1.807) is 0 Å². The molecule has 0 atom stereocenters. The fourth-order valence-electron chi connectivity index (χ4n) is 1.97. The van der Waals surface area contributed by atoms with Gasteiger partial charge in [0.1, 0.15) is 0 Å². The van der Waals surface area contributed by atoms with E-state index < -0.39 is 0 Å². The molecule has 1 aromatic heterocycles. The van der Waals surface area contributed by atoms with E-state index in [4.69, 9.17) is 9.31 Å². The molecule has 0 N–H and O–H groups in total. The van der Waals surface area contributed by atoms with Gasteiger partial charge in [-0.15, -0.1) is 12.4 Å². The Morgan fingerprint density at radius 1 is 1.00 bits per heavy atom. The maximum Gasteiger partial charge on any atom is 0.496 e. The van der Waals surface area contributed by atoms with E-state index in [2.05, 4.69) is 65.6 Å². The summed E-state index contributed by atoms with van der Waals surface area (Å²) in [6.07, 6.45) is 1.86. The summed E-state index contributed by atoms with van der Waals surface area (Å²) in [6.45, 7) is 14.7. The van der Waals surface area contributed by atoms with Crippen LogP contribution in [0.25, 0.3) is 0 Å². The summed E-state index contributed by atoms with van der Waals surface area (Å²) in [5.74, 6) is 0. The molecule has 0 aliphatic carbocycles. The van der Waals surface area contributed by atoms with Crippen molar-refractivity contribution in [3.8, 4) is 0 Å². The SMILES string of the molecule is CC(C)(C)c1ccc(B2OC(C)(C)C(C)(C)O2)cn1.Cl. The van der Waals surface area contributed by atoms with Gasteiger partial charge in [-0.25, -0.2) is 0 Å². The Balaban J connectivity index is 0.00000200. The van der Waals surface area contributed by atoms with Gasteiger partial charge in [0, 0.05) is 22.8 Å². The Hall–Kier alpha value is -0.575. The molecule has 1 aromatic rings. The first-order valence-corrected chi connectivity index (χ1v) is 6.85. The third-order valence-electron chi connectivity index (χ3n) is 4.08. The first-order chi connectivity index (χ1) is 8.53. The van der Waals surface area contributed by atoms with E-state index in [9.17, 15) is 0 Å². The summed E-state index contributed by atoms with van der Waals surface area (Å²) in [4.78, 5) is 4.53. The van der Waals surface area contributed by atoms with E-state index in [0.717, 1.165) is 11.2 Å². The van der Waals surface area contributed by atoms with E-state index in [1.165, 1.54) is 0 Å². The van der Waals surface area contributed by atoms with Crippen molar-refractivity contribution < 1.29 is 9.31 Å². The van der Waals surface area contributed by atoms with Crippen molar-refractivity contribution in [2.75, 3.05) is 0 Å². The number of hydrogen-bond acceptors (Lipinski definition) is 3. The Bertz CT molecular complexity index is 450. The highest BCUT2D eigenvalue weighted by molar-refractivity contribution is 6.62. The number of rotatable bonds is 1. The van der Waals surface area contributed by atoms with Crippen molar-refractivity contribution in [1.29, 1.82) is 0 Å². The molecule has 0 saturated carbocycles. The quantitative estimate of drug-likeness (QED) is 0.747. The van der Waals surface area contributed by atoms with Crippen LogP contribution in [-0.2, 0) is 14.7 Å². The molecule has 0 amide bonds.